The van der Waals surface area contributed by atoms with Crippen LogP contribution in [0.5, 0.6) is 0 Å². The van der Waals surface area contributed by atoms with Crippen molar-refractivity contribution in [1.82, 2.24) is 4.98 Å². The van der Waals surface area contributed by atoms with Crippen molar-refractivity contribution >= 4 is 5.82 Å². The Kier molecular flexibility index (Phi) is 3.41. The molecule has 1 heterocycles. The largest absolute Gasteiger partial charge is 0.366 e. The van der Waals surface area contributed by atoms with Gasteiger partial charge in [-0.25, -0.2) is 4.98 Å². The van der Waals surface area contributed by atoms with Crippen molar-refractivity contribution in [2.24, 2.45) is 5.41 Å². The Balaban J connectivity index is 1.91. The summed E-state index contributed by atoms with van der Waals surface area (Å²) in [5, 5.41) is 13.0. The molecule has 1 aromatic heterocycles. The fourth-order valence-electron chi connectivity index (χ4n) is 3.59. The number of anilines is 1. The first-order valence-corrected chi connectivity index (χ1v) is 7.79. The highest BCUT2D eigenvalue weighted by atomic mass is 15.0. The van der Waals surface area contributed by atoms with E-state index in [1.807, 2.05) is 0 Å². The number of aryl methyl sites for hydroxylation is 2. The van der Waals surface area contributed by atoms with Crippen molar-refractivity contribution in [1.29, 1.82) is 5.26 Å². The molecule has 3 nitrogen and oxygen atoms in total. The maximum absolute atomic E-state index is 9.39. The molecule has 1 saturated carbocycles. The van der Waals surface area contributed by atoms with Crippen molar-refractivity contribution in [2.45, 2.75) is 64.8 Å². The smallest absolute Gasteiger partial charge is 0.144 e. The third-order valence-corrected chi connectivity index (χ3v) is 4.99. The Morgan fingerprint density at radius 1 is 1.30 bits per heavy atom. The first-order valence-electron chi connectivity index (χ1n) is 7.79. The van der Waals surface area contributed by atoms with Gasteiger partial charge < -0.3 is 5.32 Å². The number of nitriles is 1. The fraction of sp³-hybridized carbons (Fsp3) is 0.647. The van der Waals surface area contributed by atoms with Crippen LogP contribution in [0.15, 0.2) is 6.07 Å². The molecule has 1 unspecified atom stereocenters. The van der Waals surface area contributed by atoms with Crippen molar-refractivity contribution in [2.75, 3.05) is 5.32 Å². The summed E-state index contributed by atoms with van der Waals surface area (Å²) in [5.41, 5.74) is 3.50. The van der Waals surface area contributed by atoms with Crippen LogP contribution in [0.1, 0.15) is 62.8 Å². The highest BCUT2D eigenvalue weighted by Gasteiger charge is 2.35. The standard InChI is InChI=1S/C17H23N3/c1-17(2)9-5-8-15(17)20-16-13(11-18)10-12-6-3-4-7-14(12)19-16/h10,15H,3-9H2,1-2H3,(H,19,20). The minimum atomic E-state index is 0.296. The summed E-state index contributed by atoms with van der Waals surface area (Å²) in [6.45, 7) is 4.62. The third kappa shape index (κ3) is 2.40. The number of fused-ring (bicyclic) bond motifs is 1. The molecule has 1 atom stereocenters. The zero-order chi connectivity index (χ0) is 14.2. The van der Waals surface area contributed by atoms with E-state index in [-0.39, 0.29) is 0 Å². The van der Waals surface area contributed by atoms with Gasteiger partial charge in [-0.1, -0.05) is 20.3 Å². The van der Waals surface area contributed by atoms with E-state index in [0.29, 0.717) is 17.0 Å². The van der Waals surface area contributed by atoms with Crippen molar-refractivity contribution in [3.05, 3.63) is 22.9 Å². The number of nitrogens with zero attached hydrogens (tertiary/aromatic N) is 2. The quantitative estimate of drug-likeness (QED) is 0.887. The van der Waals surface area contributed by atoms with Crippen LogP contribution in [0.4, 0.5) is 5.82 Å². The fourth-order valence-corrected chi connectivity index (χ4v) is 3.59. The predicted octanol–water partition coefficient (Wildman–Crippen LogP) is 3.82. The summed E-state index contributed by atoms with van der Waals surface area (Å²) in [6.07, 6.45) is 8.27. The average molecular weight is 269 g/mol. The Labute approximate surface area is 121 Å². The molecule has 1 fully saturated rings. The molecule has 20 heavy (non-hydrogen) atoms. The van der Waals surface area contributed by atoms with Gasteiger partial charge in [-0.05, 0) is 55.6 Å². The molecular formula is C17H23N3. The number of aromatic nitrogens is 1. The lowest BCUT2D eigenvalue weighted by molar-refractivity contribution is 0.349. The Bertz CT molecular complexity index is 554. The van der Waals surface area contributed by atoms with Crippen LogP contribution in [-0.4, -0.2) is 11.0 Å². The van der Waals surface area contributed by atoms with E-state index in [4.69, 9.17) is 4.98 Å². The highest BCUT2D eigenvalue weighted by Crippen LogP contribution is 2.39. The third-order valence-electron chi connectivity index (χ3n) is 4.99. The molecule has 0 amide bonds. The van der Waals surface area contributed by atoms with E-state index in [1.54, 1.807) is 0 Å². The van der Waals surface area contributed by atoms with Gasteiger partial charge in [-0.2, -0.15) is 5.26 Å². The minimum absolute atomic E-state index is 0.296. The van der Waals surface area contributed by atoms with Gasteiger partial charge in [0.2, 0.25) is 0 Å². The molecule has 0 saturated heterocycles. The van der Waals surface area contributed by atoms with Crippen molar-refractivity contribution in [3.63, 3.8) is 0 Å². The summed E-state index contributed by atoms with van der Waals surface area (Å²) in [6, 6.07) is 4.82. The topological polar surface area (TPSA) is 48.7 Å². The van der Waals surface area contributed by atoms with Gasteiger partial charge in [-0.3, -0.25) is 0 Å². The maximum atomic E-state index is 9.39. The maximum Gasteiger partial charge on any atom is 0.144 e. The molecule has 106 valence electrons. The normalized spacial score (nSPS) is 23.9. The van der Waals surface area contributed by atoms with Gasteiger partial charge >= 0.3 is 0 Å². The molecule has 1 aromatic rings. The lowest BCUT2D eigenvalue weighted by Crippen LogP contribution is -2.31. The van der Waals surface area contributed by atoms with Gasteiger partial charge in [0.1, 0.15) is 11.9 Å². The monoisotopic (exact) mass is 269 g/mol. The van der Waals surface area contributed by atoms with E-state index in [2.05, 4.69) is 31.3 Å². The second kappa shape index (κ2) is 5.09. The van der Waals surface area contributed by atoms with E-state index in [0.717, 1.165) is 18.7 Å². The summed E-state index contributed by atoms with van der Waals surface area (Å²) < 4.78 is 0. The summed E-state index contributed by atoms with van der Waals surface area (Å²) in [7, 11) is 0. The molecule has 0 aromatic carbocycles. The molecule has 0 radical (unpaired) electrons. The molecule has 1 N–H and O–H groups in total. The van der Waals surface area contributed by atoms with Crippen LogP contribution in [0.25, 0.3) is 0 Å². The second-order valence-electron chi connectivity index (χ2n) is 6.89. The average Bonchev–Trinajstić information content (AvgIpc) is 2.77. The zero-order valence-corrected chi connectivity index (χ0v) is 12.5. The van der Waals surface area contributed by atoms with E-state index in [9.17, 15) is 5.26 Å². The zero-order valence-electron chi connectivity index (χ0n) is 12.5. The van der Waals surface area contributed by atoms with Crippen LogP contribution < -0.4 is 5.32 Å². The first-order chi connectivity index (χ1) is 9.60. The molecule has 0 bridgehead atoms. The first kappa shape index (κ1) is 13.4. The number of rotatable bonds is 2. The molecule has 2 aliphatic carbocycles. The van der Waals surface area contributed by atoms with Crippen LogP contribution in [0.2, 0.25) is 0 Å². The lowest BCUT2D eigenvalue weighted by atomic mass is 9.87. The Hall–Kier alpha value is -1.56. The van der Waals surface area contributed by atoms with Crippen LogP contribution in [-0.2, 0) is 12.8 Å². The highest BCUT2D eigenvalue weighted by molar-refractivity contribution is 5.55. The summed E-state index contributed by atoms with van der Waals surface area (Å²) in [5.74, 6) is 0.813. The number of hydrogen-bond acceptors (Lipinski definition) is 3. The second-order valence-corrected chi connectivity index (χ2v) is 6.89. The molecule has 0 spiro atoms. The number of pyridine rings is 1. The SMILES string of the molecule is CC1(C)CCCC1Nc1nc2c(cc1C#N)CCCC2. The lowest BCUT2D eigenvalue weighted by Gasteiger charge is -2.29. The van der Waals surface area contributed by atoms with Crippen LogP contribution >= 0.6 is 0 Å². The molecular weight excluding hydrogens is 246 g/mol. The van der Waals surface area contributed by atoms with Crippen molar-refractivity contribution in [3.8, 4) is 6.07 Å². The van der Waals surface area contributed by atoms with Gasteiger partial charge in [0.25, 0.3) is 0 Å². The Morgan fingerprint density at radius 3 is 2.80 bits per heavy atom. The van der Waals surface area contributed by atoms with Gasteiger partial charge in [0, 0.05) is 11.7 Å². The Morgan fingerprint density at radius 2 is 2.10 bits per heavy atom. The molecule has 3 heteroatoms. The predicted molar refractivity (Wildman–Crippen MR) is 80.6 cm³/mol. The van der Waals surface area contributed by atoms with E-state index in [1.165, 1.54) is 43.4 Å². The summed E-state index contributed by atoms with van der Waals surface area (Å²) >= 11 is 0. The van der Waals surface area contributed by atoms with Crippen LogP contribution in [0.3, 0.4) is 0 Å². The minimum Gasteiger partial charge on any atom is -0.366 e. The van der Waals surface area contributed by atoms with Crippen molar-refractivity contribution < 1.29 is 0 Å². The summed E-state index contributed by atoms with van der Waals surface area (Å²) in [4.78, 5) is 4.78. The van der Waals surface area contributed by atoms with E-state index >= 15 is 0 Å². The van der Waals surface area contributed by atoms with Crippen LogP contribution in [0, 0.1) is 16.7 Å². The molecule has 0 aliphatic heterocycles. The van der Waals surface area contributed by atoms with Gasteiger partial charge in [0.05, 0.1) is 5.56 Å². The van der Waals surface area contributed by atoms with Gasteiger partial charge in [0.15, 0.2) is 0 Å². The number of nitrogens with one attached hydrogen (secondary N) is 1. The number of hydrogen-bond donors (Lipinski definition) is 1. The van der Waals surface area contributed by atoms with E-state index < -0.39 is 0 Å². The molecule has 2 aliphatic rings. The molecule has 3 rings (SSSR count). The van der Waals surface area contributed by atoms with Gasteiger partial charge in [-0.15, -0.1) is 0 Å².